The predicted octanol–water partition coefficient (Wildman–Crippen LogP) is 0.179. The first-order valence-corrected chi connectivity index (χ1v) is 3.37. The van der Waals surface area contributed by atoms with Crippen molar-refractivity contribution in [3.8, 4) is 6.07 Å². The van der Waals surface area contributed by atoms with Gasteiger partial charge in [-0.15, -0.1) is 0 Å². The standard InChI is InChI=1S/C7H8N2O/c8-4-6-1-7(2-6,3-6)9-5-10/h5H,1-3H2,(H,9,10). The molecular formula is C7H8N2O. The summed E-state index contributed by atoms with van der Waals surface area (Å²) in [5, 5.41) is 11.4. The van der Waals surface area contributed by atoms with Gasteiger partial charge in [0, 0.05) is 5.54 Å². The molecule has 0 saturated heterocycles. The summed E-state index contributed by atoms with van der Waals surface area (Å²) in [6.45, 7) is 0. The zero-order chi connectivity index (χ0) is 7.24. The normalized spacial score (nSPS) is 47.9. The number of carbonyl (C=O) groups excluding carboxylic acids is 1. The maximum atomic E-state index is 10.0. The molecule has 3 aliphatic carbocycles. The van der Waals surface area contributed by atoms with E-state index in [2.05, 4.69) is 11.4 Å². The third-order valence-electron chi connectivity index (χ3n) is 2.63. The molecule has 0 unspecified atom stereocenters. The highest BCUT2D eigenvalue weighted by atomic mass is 16.1. The molecule has 1 amide bonds. The van der Waals surface area contributed by atoms with Crippen molar-refractivity contribution in [3.63, 3.8) is 0 Å². The van der Waals surface area contributed by atoms with Crippen LogP contribution in [-0.2, 0) is 4.79 Å². The lowest BCUT2D eigenvalue weighted by Gasteiger charge is -2.66. The first-order chi connectivity index (χ1) is 4.74. The van der Waals surface area contributed by atoms with Crippen molar-refractivity contribution in [2.75, 3.05) is 0 Å². The summed E-state index contributed by atoms with van der Waals surface area (Å²) in [7, 11) is 0. The Morgan fingerprint density at radius 2 is 2.10 bits per heavy atom. The van der Waals surface area contributed by atoms with Crippen LogP contribution in [0.3, 0.4) is 0 Å². The Labute approximate surface area is 59.0 Å². The number of nitriles is 1. The summed E-state index contributed by atoms with van der Waals surface area (Å²) in [5.74, 6) is 0. The van der Waals surface area contributed by atoms with Crippen molar-refractivity contribution in [3.05, 3.63) is 0 Å². The average molecular weight is 136 g/mol. The molecular weight excluding hydrogens is 128 g/mol. The Balaban J connectivity index is 1.99. The van der Waals surface area contributed by atoms with E-state index in [4.69, 9.17) is 5.26 Å². The number of nitrogens with zero attached hydrogens (tertiary/aromatic N) is 1. The lowest BCUT2D eigenvalue weighted by atomic mass is 9.40. The molecule has 3 fully saturated rings. The van der Waals surface area contributed by atoms with Gasteiger partial charge in [-0.3, -0.25) is 4.79 Å². The lowest BCUT2D eigenvalue weighted by molar-refractivity contribution is -0.133. The smallest absolute Gasteiger partial charge is 0.207 e. The quantitative estimate of drug-likeness (QED) is 0.550. The molecule has 10 heavy (non-hydrogen) atoms. The minimum absolute atomic E-state index is 0.0392. The molecule has 3 nitrogen and oxygen atoms in total. The molecule has 3 rings (SSSR count). The van der Waals surface area contributed by atoms with Crippen LogP contribution in [0.5, 0.6) is 0 Å². The number of hydrogen-bond acceptors (Lipinski definition) is 2. The maximum Gasteiger partial charge on any atom is 0.207 e. The van der Waals surface area contributed by atoms with Gasteiger partial charge in [0.1, 0.15) is 0 Å². The third kappa shape index (κ3) is 0.431. The Hall–Kier alpha value is -1.04. The molecule has 3 heteroatoms. The van der Waals surface area contributed by atoms with Gasteiger partial charge < -0.3 is 5.32 Å². The van der Waals surface area contributed by atoms with Gasteiger partial charge >= 0.3 is 0 Å². The van der Waals surface area contributed by atoms with Gasteiger partial charge in [-0.2, -0.15) is 5.26 Å². The van der Waals surface area contributed by atoms with Crippen molar-refractivity contribution < 1.29 is 4.79 Å². The van der Waals surface area contributed by atoms with Gasteiger partial charge in [-0.1, -0.05) is 0 Å². The van der Waals surface area contributed by atoms with E-state index in [-0.39, 0.29) is 11.0 Å². The van der Waals surface area contributed by atoms with Crippen molar-refractivity contribution in [2.45, 2.75) is 24.8 Å². The fourth-order valence-electron chi connectivity index (χ4n) is 2.18. The minimum Gasteiger partial charge on any atom is -0.353 e. The molecule has 0 aliphatic heterocycles. The van der Waals surface area contributed by atoms with Gasteiger partial charge in [0.2, 0.25) is 6.41 Å². The van der Waals surface area contributed by atoms with Crippen LogP contribution in [0.25, 0.3) is 0 Å². The van der Waals surface area contributed by atoms with Gasteiger partial charge in [0.25, 0.3) is 0 Å². The van der Waals surface area contributed by atoms with Crippen LogP contribution in [-0.4, -0.2) is 11.9 Å². The number of nitrogens with one attached hydrogen (secondary N) is 1. The second-order valence-electron chi connectivity index (χ2n) is 3.46. The number of carbonyl (C=O) groups is 1. The maximum absolute atomic E-state index is 10.0. The summed E-state index contributed by atoms with van der Waals surface area (Å²) in [6, 6.07) is 2.27. The fraction of sp³-hybridized carbons (Fsp3) is 0.714. The monoisotopic (exact) mass is 136 g/mol. The average Bonchev–Trinajstić information content (AvgIpc) is 1.74. The molecule has 3 saturated carbocycles. The lowest BCUT2D eigenvalue weighted by Crippen LogP contribution is -2.72. The fourth-order valence-corrected chi connectivity index (χ4v) is 2.18. The summed E-state index contributed by atoms with van der Waals surface area (Å²) in [6.07, 6.45) is 3.35. The van der Waals surface area contributed by atoms with E-state index in [1.165, 1.54) is 0 Å². The van der Waals surface area contributed by atoms with E-state index < -0.39 is 0 Å². The number of hydrogen-bond donors (Lipinski definition) is 1. The van der Waals surface area contributed by atoms with Crippen molar-refractivity contribution in [1.82, 2.24) is 5.32 Å². The first kappa shape index (κ1) is 5.72. The number of rotatable bonds is 2. The van der Waals surface area contributed by atoms with Crippen molar-refractivity contribution >= 4 is 6.41 Å². The Morgan fingerprint density at radius 3 is 2.50 bits per heavy atom. The van der Waals surface area contributed by atoms with E-state index >= 15 is 0 Å². The van der Waals surface area contributed by atoms with E-state index in [0.717, 1.165) is 25.7 Å². The van der Waals surface area contributed by atoms with Crippen LogP contribution in [0.4, 0.5) is 0 Å². The molecule has 2 bridgehead atoms. The molecule has 0 atom stereocenters. The van der Waals surface area contributed by atoms with Crippen molar-refractivity contribution in [1.29, 1.82) is 5.26 Å². The van der Waals surface area contributed by atoms with Gasteiger partial charge in [-0.05, 0) is 19.3 Å². The van der Waals surface area contributed by atoms with Gasteiger partial charge in [0.05, 0.1) is 11.5 Å². The first-order valence-electron chi connectivity index (χ1n) is 3.37. The van der Waals surface area contributed by atoms with E-state index in [9.17, 15) is 4.79 Å². The van der Waals surface area contributed by atoms with Crippen LogP contribution in [0, 0.1) is 16.7 Å². The second kappa shape index (κ2) is 1.34. The molecule has 0 heterocycles. The largest absolute Gasteiger partial charge is 0.353 e. The summed E-state index contributed by atoms with van der Waals surface area (Å²) < 4.78 is 0. The van der Waals surface area contributed by atoms with Crippen molar-refractivity contribution in [2.24, 2.45) is 5.41 Å². The predicted molar refractivity (Wildman–Crippen MR) is 33.8 cm³/mol. The zero-order valence-corrected chi connectivity index (χ0v) is 5.55. The second-order valence-corrected chi connectivity index (χ2v) is 3.46. The molecule has 1 N–H and O–H groups in total. The highest BCUT2D eigenvalue weighted by molar-refractivity contribution is 5.51. The molecule has 52 valence electrons. The Kier molecular flexibility index (Phi) is 0.767. The van der Waals surface area contributed by atoms with E-state index in [0.29, 0.717) is 0 Å². The molecule has 3 aliphatic rings. The molecule has 0 aromatic heterocycles. The van der Waals surface area contributed by atoms with E-state index in [1.54, 1.807) is 0 Å². The molecule has 0 radical (unpaired) electrons. The van der Waals surface area contributed by atoms with Crippen LogP contribution in [0.1, 0.15) is 19.3 Å². The number of amides is 1. The van der Waals surface area contributed by atoms with Crippen LogP contribution in [0.2, 0.25) is 0 Å². The summed E-state index contributed by atoms with van der Waals surface area (Å²) >= 11 is 0. The Bertz CT molecular complexity index is 208. The van der Waals surface area contributed by atoms with E-state index in [1.807, 2.05) is 0 Å². The van der Waals surface area contributed by atoms with Gasteiger partial charge in [-0.25, -0.2) is 0 Å². The minimum atomic E-state index is -0.0456. The highest BCUT2D eigenvalue weighted by Gasteiger charge is 2.68. The highest BCUT2D eigenvalue weighted by Crippen LogP contribution is 2.66. The van der Waals surface area contributed by atoms with Crippen LogP contribution < -0.4 is 5.32 Å². The van der Waals surface area contributed by atoms with Crippen LogP contribution in [0.15, 0.2) is 0 Å². The SMILES string of the molecule is N#CC12CC(NC=O)(C1)C2. The molecule has 0 aromatic carbocycles. The molecule has 0 spiro atoms. The van der Waals surface area contributed by atoms with Crippen LogP contribution >= 0.6 is 0 Å². The van der Waals surface area contributed by atoms with Gasteiger partial charge in [0.15, 0.2) is 0 Å². The third-order valence-corrected chi connectivity index (χ3v) is 2.63. The summed E-state index contributed by atoms with van der Waals surface area (Å²) in [5.41, 5.74) is -0.00646. The zero-order valence-electron chi connectivity index (χ0n) is 5.55. The topological polar surface area (TPSA) is 52.9 Å². The molecule has 0 aromatic rings. The summed E-state index contributed by atoms with van der Waals surface area (Å²) in [4.78, 5) is 10.0. The Morgan fingerprint density at radius 1 is 1.50 bits per heavy atom.